The van der Waals surface area contributed by atoms with Gasteiger partial charge in [0.2, 0.25) is 11.8 Å². The lowest BCUT2D eigenvalue weighted by Gasteiger charge is -2.24. The first-order chi connectivity index (χ1) is 22.1. The Morgan fingerprint density at radius 3 is 2.26 bits per heavy atom. The molecular weight excluding hydrogens is 588 g/mol. The Morgan fingerprint density at radius 2 is 1.65 bits per heavy atom. The van der Waals surface area contributed by atoms with Crippen molar-refractivity contribution in [1.82, 2.24) is 26.2 Å². The number of likely N-dealkylation sites (N-methyl/N-ethyl adjacent to an activating group) is 2. The van der Waals surface area contributed by atoms with Crippen LogP contribution in [0.2, 0.25) is 0 Å². The number of urea groups is 1. The Kier molecular flexibility index (Phi) is 25.2. The Morgan fingerprint density at radius 1 is 0.957 bits per heavy atom. The quantitative estimate of drug-likeness (QED) is 0.0928. The van der Waals surface area contributed by atoms with Gasteiger partial charge in [0.15, 0.2) is 0 Å². The number of carbonyl (C=O) groups excluding carboxylic acids is 4. The van der Waals surface area contributed by atoms with Crippen molar-refractivity contribution in [2.75, 3.05) is 52.1 Å². The summed E-state index contributed by atoms with van der Waals surface area (Å²) in [5, 5.41) is 14.7. The second-order valence-corrected chi connectivity index (χ2v) is 11.0. The maximum Gasteiger partial charge on any atom is 0.409 e. The molecule has 9 N–H and O–H groups in total. The zero-order chi connectivity index (χ0) is 34.6. The Labute approximate surface area is 276 Å². The third kappa shape index (κ3) is 21.8. The maximum atomic E-state index is 12.8. The molecule has 0 bridgehead atoms. The number of nitrogens with one attached hydrogen (secondary N) is 5. The standard InChI is InChI=1S/C30H52N8O5.C3H8/c1-4-5-10-25(36-24-15-13-23(14-16-24)22-43-30(42)38(3)20-19-33-2)26(11-9-18-34-29(32)41)37-28(40)21-35-27(39)12-7-6-8-17-31;1-3-2/h10,13-16,26,33,36H,4-9,11-12,17-22,31H2,1-3H3,(H,35,39)(H,37,40)(H3,32,34,41);3H2,1-2H3/b25-10-;. The molecule has 0 aliphatic heterocycles. The van der Waals surface area contributed by atoms with Crippen molar-refractivity contribution in [1.29, 1.82) is 0 Å². The van der Waals surface area contributed by atoms with E-state index in [-0.39, 0.29) is 25.0 Å². The Balaban J connectivity index is 0.00000647. The van der Waals surface area contributed by atoms with Crippen molar-refractivity contribution in [3.05, 3.63) is 41.6 Å². The molecule has 262 valence electrons. The van der Waals surface area contributed by atoms with Crippen LogP contribution >= 0.6 is 0 Å². The molecule has 1 aromatic rings. The smallest absolute Gasteiger partial charge is 0.409 e. The van der Waals surface area contributed by atoms with Crippen molar-refractivity contribution < 1.29 is 23.9 Å². The summed E-state index contributed by atoms with van der Waals surface area (Å²) in [6.45, 7) is 8.50. The summed E-state index contributed by atoms with van der Waals surface area (Å²) in [5.74, 6) is -0.492. The third-order valence-corrected chi connectivity index (χ3v) is 6.50. The monoisotopic (exact) mass is 648 g/mol. The number of primary amides is 1. The van der Waals surface area contributed by atoms with Gasteiger partial charge in [-0.3, -0.25) is 9.59 Å². The van der Waals surface area contributed by atoms with Crippen LogP contribution in [0.5, 0.6) is 0 Å². The predicted molar refractivity (Wildman–Crippen MR) is 185 cm³/mol. The van der Waals surface area contributed by atoms with E-state index < -0.39 is 18.2 Å². The lowest BCUT2D eigenvalue weighted by Crippen LogP contribution is -2.44. The number of anilines is 1. The number of benzene rings is 1. The van der Waals surface area contributed by atoms with Crippen LogP contribution in [0, 0.1) is 0 Å². The van der Waals surface area contributed by atoms with E-state index in [1.807, 2.05) is 37.4 Å². The van der Waals surface area contributed by atoms with Crippen LogP contribution in [-0.4, -0.2) is 81.7 Å². The molecule has 5 amide bonds. The molecule has 46 heavy (non-hydrogen) atoms. The SMILES string of the molecule is CCC.CCC/C=C(\Nc1ccc(COC(=O)N(C)CCNC)cc1)C(CCCNC(N)=O)NC(=O)CNC(=O)CCCCCN. The van der Waals surface area contributed by atoms with Gasteiger partial charge in [0, 0.05) is 44.5 Å². The third-order valence-electron chi connectivity index (χ3n) is 6.50. The van der Waals surface area contributed by atoms with Gasteiger partial charge in [-0.05, 0) is 63.4 Å². The van der Waals surface area contributed by atoms with Crippen molar-refractivity contribution in [2.24, 2.45) is 11.5 Å². The molecule has 1 atom stereocenters. The van der Waals surface area contributed by atoms with Crippen molar-refractivity contribution in [2.45, 2.75) is 91.2 Å². The number of hydrogen-bond donors (Lipinski definition) is 7. The van der Waals surface area contributed by atoms with Crippen LogP contribution in [0.1, 0.15) is 84.1 Å². The van der Waals surface area contributed by atoms with E-state index in [2.05, 4.69) is 47.4 Å². The van der Waals surface area contributed by atoms with Crippen molar-refractivity contribution in [3.8, 4) is 0 Å². The molecule has 13 nitrogen and oxygen atoms in total. The second kappa shape index (κ2) is 27.5. The van der Waals surface area contributed by atoms with Gasteiger partial charge < -0.3 is 47.7 Å². The number of nitrogens with zero attached hydrogens (tertiary/aromatic N) is 1. The topological polar surface area (TPSA) is 193 Å². The molecule has 0 saturated carbocycles. The number of nitrogens with two attached hydrogens (primary N) is 2. The first kappa shape index (κ1) is 42.2. The average Bonchev–Trinajstić information content (AvgIpc) is 3.04. The first-order valence-corrected chi connectivity index (χ1v) is 16.5. The van der Waals surface area contributed by atoms with Crippen LogP contribution in [0.15, 0.2) is 36.0 Å². The lowest BCUT2D eigenvalue weighted by atomic mass is 10.0. The molecule has 1 rings (SSSR count). The van der Waals surface area contributed by atoms with Gasteiger partial charge in [-0.1, -0.05) is 58.2 Å². The van der Waals surface area contributed by atoms with E-state index in [1.165, 1.54) is 11.3 Å². The zero-order valence-electron chi connectivity index (χ0n) is 28.7. The predicted octanol–water partition coefficient (Wildman–Crippen LogP) is 3.56. The molecule has 0 aliphatic carbocycles. The summed E-state index contributed by atoms with van der Waals surface area (Å²) < 4.78 is 5.39. The molecule has 13 heteroatoms. The van der Waals surface area contributed by atoms with Crippen LogP contribution in [0.3, 0.4) is 0 Å². The number of amides is 5. The highest BCUT2D eigenvalue weighted by Gasteiger charge is 2.18. The second-order valence-electron chi connectivity index (χ2n) is 11.0. The van der Waals surface area contributed by atoms with E-state index in [9.17, 15) is 19.2 Å². The number of allylic oxidation sites excluding steroid dienone is 1. The highest BCUT2D eigenvalue weighted by atomic mass is 16.6. The maximum absolute atomic E-state index is 12.8. The minimum Gasteiger partial charge on any atom is -0.445 e. The molecule has 1 aromatic carbocycles. The van der Waals surface area contributed by atoms with Gasteiger partial charge in [0.1, 0.15) is 6.61 Å². The molecular formula is C33H60N8O5. The fourth-order valence-electron chi connectivity index (χ4n) is 4.00. The summed E-state index contributed by atoms with van der Waals surface area (Å²) in [5.41, 5.74) is 13.1. The van der Waals surface area contributed by atoms with Crippen LogP contribution < -0.4 is 38.1 Å². The van der Waals surface area contributed by atoms with Crippen LogP contribution in [-0.2, 0) is 20.9 Å². The Hall–Kier alpha value is -3.84. The van der Waals surface area contributed by atoms with Crippen molar-refractivity contribution in [3.63, 3.8) is 0 Å². The Bertz CT molecular complexity index is 1020. The van der Waals surface area contributed by atoms with Gasteiger partial charge in [-0.2, -0.15) is 0 Å². The van der Waals surface area contributed by atoms with Crippen LogP contribution in [0.25, 0.3) is 0 Å². The highest BCUT2D eigenvalue weighted by Crippen LogP contribution is 2.18. The van der Waals surface area contributed by atoms with Gasteiger partial charge in [0.25, 0.3) is 0 Å². The molecule has 0 radical (unpaired) electrons. The number of unbranched alkanes of at least 4 members (excludes halogenated alkanes) is 3. The van der Waals surface area contributed by atoms with Crippen molar-refractivity contribution >= 4 is 29.6 Å². The fourth-order valence-corrected chi connectivity index (χ4v) is 4.00. The van der Waals surface area contributed by atoms with Gasteiger partial charge >= 0.3 is 12.1 Å². The summed E-state index contributed by atoms with van der Waals surface area (Å²) in [4.78, 5) is 49.8. The van der Waals surface area contributed by atoms with E-state index in [1.54, 1.807) is 7.05 Å². The summed E-state index contributed by atoms with van der Waals surface area (Å²) in [7, 11) is 3.51. The van der Waals surface area contributed by atoms with E-state index >= 15 is 0 Å². The normalized spacial score (nSPS) is 11.4. The average molecular weight is 649 g/mol. The molecule has 0 aliphatic rings. The van der Waals surface area contributed by atoms with E-state index in [0.29, 0.717) is 45.4 Å². The number of ether oxygens (including phenoxy) is 1. The molecule has 0 heterocycles. The minimum atomic E-state index is -0.606. The zero-order valence-corrected chi connectivity index (χ0v) is 28.7. The molecule has 1 unspecified atom stereocenters. The summed E-state index contributed by atoms with van der Waals surface area (Å²) in [6.07, 6.45) is 8.49. The molecule has 0 spiro atoms. The molecule has 0 fully saturated rings. The van der Waals surface area contributed by atoms with Gasteiger partial charge in [-0.25, -0.2) is 9.59 Å². The fraction of sp³-hybridized carbons (Fsp3) is 0.636. The van der Waals surface area contributed by atoms with E-state index in [4.69, 9.17) is 16.2 Å². The minimum absolute atomic E-state index is 0.135. The van der Waals surface area contributed by atoms with Crippen LogP contribution in [0.4, 0.5) is 15.3 Å². The highest BCUT2D eigenvalue weighted by molar-refractivity contribution is 5.85. The van der Waals surface area contributed by atoms with Gasteiger partial charge in [-0.15, -0.1) is 0 Å². The molecule has 0 aromatic heterocycles. The number of hydrogen-bond acceptors (Lipinski definition) is 8. The van der Waals surface area contributed by atoms with Gasteiger partial charge in [0.05, 0.1) is 12.6 Å². The van der Waals surface area contributed by atoms with E-state index in [0.717, 1.165) is 49.1 Å². The molecule has 0 saturated heterocycles. The lowest BCUT2D eigenvalue weighted by molar-refractivity contribution is -0.126. The number of rotatable bonds is 22. The summed E-state index contributed by atoms with van der Waals surface area (Å²) in [6, 6.07) is 6.49. The summed E-state index contributed by atoms with van der Waals surface area (Å²) >= 11 is 0. The largest absolute Gasteiger partial charge is 0.445 e. The first-order valence-electron chi connectivity index (χ1n) is 16.5. The number of carbonyl (C=O) groups is 4.